The lowest BCUT2D eigenvalue weighted by molar-refractivity contribution is -0.132. The Kier molecular flexibility index (Phi) is 6.01. The molecule has 1 aliphatic rings. The van der Waals surface area contributed by atoms with Crippen LogP contribution < -0.4 is 20.1 Å². The minimum atomic E-state index is -0.412. The number of anilines is 1. The normalized spacial score (nSPS) is 11.7. The predicted octanol–water partition coefficient (Wildman–Crippen LogP) is 1.86. The average molecular weight is 397 g/mol. The number of nitrogens with one attached hydrogen (secondary N) is 2. The van der Waals surface area contributed by atoms with E-state index in [0.717, 1.165) is 16.8 Å². The van der Waals surface area contributed by atoms with Crippen molar-refractivity contribution in [2.45, 2.75) is 13.8 Å². The molecule has 0 fully saturated rings. The van der Waals surface area contributed by atoms with Gasteiger partial charge in [-0.2, -0.15) is 0 Å². The lowest BCUT2D eigenvalue weighted by Gasteiger charge is -2.18. The monoisotopic (exact) mass is 397 g/mol. The van der Waals surface area contributed by atoms with Crippen LogP contribution in [0.1, 0.15) is 21.5 Å². The molecule has 0 bridgehead atoms. The van der Waals surface area contributed by atoms with Gasteiger partial charge in [-0.15, -0.1) is 0 Å². The summed E-state index contributed by atoms with van der Waals surface area (Å²) in [5, 5.41) is 5.39. The standard InChI is InChI=1S/C21H23N3O5/c1-13-5-4-6-14(2)20(13)23-18(25)11-24(3)19(26)10-22-21(27)15-7-8-16-17(9-15)29-12-28-16/h4-9H,10-12H2,1-3H3,(H,22,27)(H,23,25). The second-order valence-corrected chi connectivity index (χ2v) is 6.82. The van der Waals surface area contributed by atoms with E-state index < -0.39 is 5.91 Å². The number of benzene rings is 2. The van der Waals surface area contributed by atoms with Gasteiger partial charge in [-0.3, -0.25) is 14.4 Å². The van der Waals surface area contributed by atoms with Crippen LogP contribution >= 0.6 is 0 Å². The van der Waals surface area contributed by atoms with E-state index in [1.165, 1.54) is 11.9 Å². The maximum absolute atomic E-state index is 12.3. The highest BCUT2D eigenvalue weighted by Crippen LogP contribution is 2.32. The van der Waals surface area contributed by atoms with Crippen molar-refractivity contribution in [3.8, 4) is 11.5 Å². The molecule has 0 atom stereocenters. The van der Waals surface area contributed by atoms with Gasteiger partial charge in [0.15, 0.2) is 11.5 Å². The molecule has 0 aromatic heterocycles. The minimum absolute atomic E-state index is 0.119. The van der Waals surface area contributed by atoms with E-state index in [1.54, 1.807) is 18.2 Å². The smallest absolute Gasteiger partial charge is 0.251 e. The molecule has 0 radical (unpaired) electrons. The van der Waals surface area contributed by atoms with Gasteiger partial charge >= 0.3 is 0 Å². The number of amides is 3. The molecule has 0 saturated carbocycles. The number of hydrogen-bond donors (Lipinski definition) is 2. The first-order valence-corrected chi connectivity index (χ1v) is 9.13. The molecule has 2 aromatic rings. The lowest BCUT2D eigenvalue weighted by atomic mass is 10.1. The highest BCUT2D eigenvalue weighted by molar-refractivity contribution is 5.98. The van der Waals surface area contributed by atoms with E-state index in [-0.39, 0.29) is 31.7 Å². The Labute approximate surface area is 168 Å². The molecule has 0 spiro atoms. The molecule has 8 nitrogen and oxygen atoms in total. The van der Waals surface area contributed by atoms with Crippen LogP contribution in [-0.2, 0) is 9.59 Å². The Morgan fingerprint density at radius 2 is 1.72 bits per heavy atom. The van der Waals surface area contributed by atoms with Crippen LogP contribution in [-0.4, -0.2) is 49.6 Å². The number of hydrogen-bond acceptors (Lipinski definition) is 5. The summed E-state index contributed by atoms with van der Waals surface area (Å²) < 4.78 is 10.4. The maximum atomic E-state index is 12.3. The molecule has 152 valence electrons. The fourth-order valence-corrected chi connectivity index (χ4v) is 2.92. The Bertz CT molecular complexity index is 937. The van der Waals surface area contributed by atoms with E-state index in [1.807, 2.05) is 32.0 Å². The van der Waals surface area contributed by atoms with Crippen molar-refractivity contribution in [1.29, 1.82) is 0 Å². The Balaban J connectivity index is 1.50. The van der Waals surface area contributed by atoms with Crippen LogP contribution in [0.4, 0.5) is 5.69 Å². The number of carbonyl (C=O) groups is 3. The first kappa shape index (κ1) is 20.2. The zero-order chi connectivity index (χ0) is 21.0. The summed E-state index contributed by atoms with van der Waals surface area (Å²) in [7, 11) is 1.51. The van der Waals surface area contributed by atoms with Gasteiger partial charge in [0.25, 0.3) is 5.91 Å². The molecular weight excluding hydrogens is 374 g/mol. The van der Waals surface area contributed by atoms with Gasteiger partial charge in [0.05, 0.1) is 13.1 Å². The van der Waals surface area contributed by atoms with E-state index >= 15 is 0 Å². The highest BCUT2D eigenvalue weighted by atomic mass is 16.7. The average Bonchev–Trinajstić information content (AvgIpc) is 3.16. The van der Waals surface area contributed by atoms with Gasteiger partial charge in [0, 0.05) is 18.3 Å². The van der Waals surface area contributed by atoms with Crippen LogP contribution in [0.2, 0.25) is 0 Å². The Hall–Kier alpha value is -3.55. The first-order valence-electron chi connectivity index (χ1n) is 9.13. The number of fused-ring (bicyclic) bond motifs is 1. The molecule has 3 amide bonds. The second-order valence-electron chi connectivity index (χ2n) is 6.82. The molecular formula is C21H23N3O5. The number of aryl methyl sites for hydroxylation is 2. The number of nitrogens with zero attached hydrogens (tertiary/aromatic N) is 1. The zero-order valence-corrected chi connectivity index (χ0v) is 16.6. The predicted molar refractivity (Wildman–Crippen MR) is 107 cm³/mol. The molecule has 0 saturated heterocycles. The van der Waals surface area contributed by atoms with Crippen LogP contribution in [0.5, 0.6) is 11.5 Å². The van der Waals surface area contributed by atoms with E-state index in [0.29, 0.717) is 17.1 Å². The van der Waals surface area contributed by atoms with E-state index in [9.17, 15) is 14.4 Å². The molecule has 29 heavy (non-hydrogen) atoms. The Morgan fingerprint density at radius 3 is 2.45 bits per heavy atom. The SMILES string of the molecule is Cc1cccc(C)c1NC(=O)CN(C)C(=O)CNC(=O)c1ccc2c(c1)OCO2. The third-order valence-corrected chi connectivity index (χ3v) is 4.59. The Morgan fingerprint density at radius 1 is 1.03 bits per heavy atom. The van der Waals surface area contributed by atoms with Crippen molar-refractivity contribution in [2.24, 2.45) is 0 Å². The molecule has 1 aliphatic heterocycles. The first-order chi connectivity index (χ1) is 13.8. The summed E-state index contributed by atoms with van der Waals surface area (Å²) in [5.74, 6) is -0.0299. The molecule has 0 aliphatic carbocycles. The fraction of sp³-hybridized carbons (Fsp3) is 0.286. The van der Waals surface area contributed by atoms with Gasteiger partial charge in [-0.25, -0.2) is 0 Å². The number of ether oxygens (including phenoxy) is 2. The van der Waals surface area contributed by atoms with Crippen molar-refractivity contribution < 1.29 is 23.9 Å². The third kappa shape index (κ3) is 4.84. The number of carbonyl (C=O) groups excluding carboxylic acids is 3. The van der Waals surface area contributed by atoms with Crippen molar-refractivity contribution in [2.75, 3.05) is 32.2 Å². The van der Waals surface area contributed by atoms with Crippen LogP contribution in [0.25, 0.3) is 0 Å². The molecule has 8 heteroatoms. The second kappa shape index (κ2) is 8.64. The van der Waals surface area contributed by atoms with Crippen molar-refractivity contribution in [3.05, 3.63) is 53.1 Å². The molecule has 2 aromatic carbocycles. The van der Waals surface area contributed by atoms with Crippen LogP contribution in [0, 0.1) is 13.8 Å². The largest absolute Gasteiger partial charge is 0.454 e. The van der Waals surface area contributed by atoms with Crippen LogP contribution in [0.3, 0.4) is 0 Å². The van der Waals surface area contributed by atoms with E-state index in [4.69, 9.17) is 9.47 Å². The molecule has 2 N–H and O–H groups in total. The van der Waals surface area contributed by atoms with Gasteiger partial charge in [0.1, 0.15) is 0 Å². The lowest BCUT2D eigenvalue weighted by Crippen LogP contribution is -2.41. The quantitative estimate of drug-likeness (QED) is 0.776. The number of para-hydroxylation sites is 1. The van der Waals surface area contributed by atoms with Crippen molar-refractivity contribution in [3.63, 3.8) is 0 Å². The summed E-state index contributed by atoms with van der Waals surface area (Å²) in [4.78, 5) is 38.1. The summed E-state index contributed by atoms with van der Waals surface area (Å²) in [6.07, 6.45) is 0. The molecule has 0 unspecified atom stereocenters. The molecule has 1 heterocycles. The summed E-state index contributed by atoms with van der Waals surface area (Å²) in [5.41, 5.74) is 3.00. The van der Waals surface area contributed by atoms with Gasteiger partial charge < -0.3 is 25.0 Å². The van der Waals surface area contributed by atoms with Gasteiger partial charge in [-0.1, -0.05) is 18.2 Å². The van der Waals surface area contributed by atoms with Crippen LogP contribution in [0.15, 0.2) is 36.4 Å². The highest BCUT2D eigenvalue weighted by Gasteiger charge is 2.18. The topological polar surface area (TPSA) is 97.0 Å². The maximum Gasteiger partial charge on any atom is 0.251 e. The van der Waals surface area contributed by atoms with Crippen molar-refractivity contribution in [1.82, 2.24) is 10.2 Å². The fourth-order valence-electron chi connectivity index (χ4n) is 2.92. The van der Waals surface area contributed by atoms with Gasteiger partial charge in [-0.05, 0) is 43.2 Å². The molecule has 3 rings (SSSR count). The number of likely N-dealkylation sites (N-methyl/N-ethyl adjacent to an activating group) is 1. The zero-order valence-electron chi connectivity index (χ0n) is 16.6. The van der Waals surface area contributed by atoms with E-state index in [2.05, 4.69) is 10.6 Å². The summed E-state index contributed by atoms with van der Waals surface area (Å²) in [6.45, 7) is 3.59. The summed E-state index contributed by atoms with van der Waals surface area (Å²) in [6, 6.07) is 10.5. The number of rotatable bonds is 6. The van der Waals surface area contributed by atoms with Crippen molar-refractivity contribution >= 4 is 23.4 Å². The minimum Gasteiger partial charge on any atom is -0.454 e. The summed E-state index contributed by atoms with van der Waals surface area (Å²) >= 11 is 0. The third-order valence-electron chi connectivity index (χ3n) is 4.59. The van der Waals surface area contributed by atoms with Gasteiger partial charge in [0.2, 0.25) is 18.6 Å².